The molecule has 23 heavy (non-hydrogen) atoms. The lowest BCUT2D eigenvalue weighted by molar-refractivity contribution is 0.525. The molecular weight excluding hydrogens is 280 g/mol. The van der Waals surface area contributed by atoms with E-state index in [9.17, 15) is 0 Å². The zero-order chi connectivity index (χ0) is 16.8. The maximum absolute atomic E-state index is 5.48. The van der Waals surface area contributed by atoms with E-state index in [1.807, 2.05) is 0 Å². The molecule has 0 fully saturated rings. The molecule has 0 radical (unpaired) electrons. The highest BCUT2D eigenvalue weighted by Crippen LogP contribution is 2.13. The maximum atomic E-state index is 5.48. The molecule has 0 aliphatic heterocycles. The van der Waals surface area contributed by atoms with E-state index < -0.39 is 0 Å². The van der Waals surface area contributed by atoms with Gasteiger partial charge in [-0.25, -0.2) is 0 Å². The van der Waals surface area contributed by atoms with Crippen molar-refractivity contribution < 1.29 is 0 Å². The molecule has 0 amide bonds. The van der Waals surface area contributed by atoms with Gasteiger partial charge in [0.1, 0.15) is 0 Å². The standard InChI is InChI=1S/C21H46N2/c1-2-3-4-5-6-7-8-9-10-11-12-13-14-15-17-20-23-21-18-16-19-22/h23H,2-22H2,1H3. The Morgan fingerprint density at radius 1 is 0.478 bits per heavy atom. The first-order valence-electron chi connectivity index (χ1n) is 10.8. The highest BCUT2D eigenvalue weighted by Gasteiger charge is 1.94. The van der Waals surface area contributed by atoms with Crippen molar-refractivity contribution in [2.24, 2.45) is 5.73 Å². The minimum absolute atomic E-state index is 0.834. The molecule has 0 aromatic carbocycles. The van der Waals surface area contributed by atoms with Gasteiger partial charge in [0.05, 0.1) is 0 Å². The summed E-state index contributed by atoms with van der Waals surface area (Å²) in [5.74, 6) is 0. The summed E-state index contributed by atoms with van der Waals surface area (Å²) in [5.41, 5.74) is 5.48. The first kappa shape index (κ1) is 22.9. The first-order valence-corrected chi connectivity index (χ1v) is 10.8. The summed E-state index contributed by atoms with van der Waals surface area (Å²) in [5, 5.41) is 3.51. The lowest BCUT2D eigenvalue weighted by Crippen LogP contribution is -2.17. The molecule has 0 aromatic heterocycles. The highest BCUT2D eigenvalue weighted by atomic mass is 14.8. The molecule has 140 valence electrons. The van der Waals surface area contributed by atoms with E-state index in [1.54, 1.807) is 0 Å². The minimum atomic E-state index is 0.834. The monoisotopic (exact) mass is 326 g/mol. The molecule has 0 unspecified atom stereocenters. The van der Waals surface area contributed by atoms with Crippen molar-refractivity contribution in [3.05, 3.63) is 0 Å². The third-order valence-electron chi connectivity index (χ3n) is 4.76. The second-order valence-corrected chi connectivity index (χ2v) is 7.20. The molecule has 3 N–H and O–H groups in total. The molecule has 0 atom stereocenters. The molecule has 0 rings (SSSR count). The molecule has 2 heteroatoms. The van der Waals surface area contributed by atoms with E-state index in [0.717, 1.165) is 19.5 Å². The van der Waals surface area contributed by atoms with Gasteiger partial charge in [0.25, 0.3) is 0 Å². The number of hydrogen-bond acceptors (Lipinski definition) is 2. The largest absolute Gasteiger partial charge is 0.330 e. The number of nitrogens with two attached hydrogens (primary N) is 1. The second kappa shape index (κ2) is 21.9. The van der Waals surface area contributed by atoms with Gasteiger partial charge in [0, 0.05) is 0 Å². The fraction of sp³-hybridized carbons (Fsp3) is 1.00. The van der Waals surface area contributed by atoms with E-state index in [1.165, 1.54) is 109 Å². The van der Waals surface area contributed by atoms with Gasteiger partial charge in [-0.15, -0.1) is 0 Å². The van der Waals surface area contributed by atoms with Gasteiger partial charge < -0.3 is 11.1 Å². The van der Waals surface area contributed by atoms with Crippen molar-refractivity contribution in [3.63, 3.8) is 0 Å². The molecule has 0 heterocycles. The van der Waals surface area contributed by atoms with Crippen LogP contribution in [0.15, 0.2) is 0 Å². The fourth-order valence-corrected chi connectivity index (χ4v) is 3.14. The van der Waals surface area contributed by atoms with Crippen LogP contribution in [0, 0.1) is 0 Å². The Hall–Kier alpha value is -0.0800. The summed E-state index contributed by atoms with van der Waals surface area (Å²) < 4.78 is 0. The van der Waals surface area contributed by atoms with Crippen LogP contribution in [0.25, 0.3) is 0 Å². The van der Waals surface area contributed by atoms with Gasteiger partial charge in [-0.2, -0.15) is 0 Å². The zero-order valence-corrected chi connectivity index (χ0v) is 16.2. The van der Waals surface area contributed by atoms with Gasteiger partial charge >= 0.3 is 0 Å². The van der Waals surface area contributed by atoms with Crippen LogP contribution in [0.1, 0.15) is 116 Å². The molecule has 2 nitrogen and oxygen atoms in total. The Labute approximate surface area is 147 Å². The summed E-state index contributed by atoms with van der Waals surface area (Å²) in [7, 11) is 0. The molecule has 0 spiro atoms. The van der Waals surface area contributed by atoms with Crippen molar-refractivity contribution in [1.29, 1.82) is 0 Å². The van der Waals surface area contributed by atoms with Gasteiger partial charge in [-0.1, -0.05) is 96.8 Å². The SMILES string of the molecule is CCCCCCCCCCCCCCCCCNCCCCN. The number of nitrogens with one attached hydrogen (secondary N) is 1. The van der Waals surface area contributed by atoms with E-state index in [-0.39, 0.29) is 0 Å². The third kappa shape index (κ3) is 21.9. The molecular formula is C21H46N2. The molecule has 0 aliphatic rings. The normalized spacial score (nSPS) is 11.2. The molecule has 0 saturated carbocycles. The van der Waals surface area contributed by atoms with E-state index in [2.05, 4.69) is 12.2 Å². The summed E-state index contributed by atoms with van der Waals surface area (Å²) >= 11 is 0. The number of hydrogen-bond donors (Lipinski definition) is 2. The predicted molar refractivity (Wildman–Crippen MR) is 106 cm³/mol. The average molecular weight is 327 g/mol. The highest BCUT2D eigenvalue weighted by molar-refractivity contribution is 4.52. The zero-order valence-electron chi connectivity index (χ0n) is 16.2. The molecule has 0 aromatic rings. The van der Waals surface area contributed by atoms with Crippen LogP contribution in [-0.4, -0.2) is 19.6 Å². The summed E-state index contributed by atoms with van der Waals surface area (Å²) in [6, 6.07) is 0. The Morgan fingerprint density at radius 2 is 0.826 bits per heavy atom. The van der Waals surface area contributed by atoms with Crippen molar-refractivity contribution in [2.45, 2.75) is 116 Å². The summed E-state index contributed by atoms with van der Waals surface area (Å²) in [4.78, 5) is 0. The van der Waals surface area contributed by atoms with Crippen LogP contribution < -0.4 is 11.1 Å². The maximum Gasteiger partial charge on any atom is -0.00484 e. The third-order valence-corrected chi connectivity index (χ3v) is 4.76. The lowest BCUT2D eigenvalue weighted by atomic mass is 10.0. The van der Waals surface area contributed by atoms with Crippen molar-refractivity contribution in [2.75, 3.05) is 19.6 Å². The van der Waals surface area contributed by atoms with Gasteiger partial charge in [0.15, 0.2) is 0 Å². The Balaban J connectivity index is 2.92. The van der Waals surface area contributed by atoms with Crippen LogP contribution in [0.2, 0.25) is 0 Å². The minimum Gasteiger partial charge on any atom is -0.330 e. The lowest BCUT2D eigenvalue weighted by Gasteiger charge is -2.05. The van der Waals surface area contributed by atoms with Gasteiger partial charge in [-0.3, -0.25) is 0 Å². The van der Waals surface area contributed by atoms with E-state index >= 15 is 0 Å². The first-order chi connectivity index (χ1) is 11.4. The predicted octanol–water partition coefficient (Wildman–Crippen LogP) is 6.19. The van der Waals surface area contributed by atoms with Crippen LogP contribution in [-0.2, 0) is 0 Å². The van der Waals surface area contributed by atoms with E-state index in [4.69, 9.17) is 5.73 Å². The molecule has 0 aliphatic carbocycles. The second-order valence-electron chi connectivity index (χ2n) is 7.20. The van der Waals surface area contributed by atoms with Gasteiger partial charge in [-0.05, 0) is 38.9 Å². The average Bonchev–Trinajstić information content (AvgIpc) is 2.57. The van der Waals surface area contributed by atoms with Crippen molar-refractivity contribution in [3.8, 4) is 0 Å². The van der Waals surface area contributed by atoms with Crippen LogP contribution in [0.4, 0.5) is 0 Å². The smallest absolute Gasteiger partial charge is 0.00484 e. The van der Waals surface area contributed by atoms with E-state index in [0.29, 0.717) is 0 Å². The number of rotatable bonds is 20. The van der Waals surface area contributed by atoms with Crippen LogP contribution in [0.3, 0.4) is 0 Å². The van der Waals surface area contributed by atoms with Crippen LogP contribution in [0.5, 0.6) is 0 Å². The molecule has 0 bridgehead atoms. The Bertz CT molecular complexity index is 174. The van der Waals surface area contributed by atoms with Gasteiger partial charge in [0.2, 0.25) is 0 Å². The van der Waals surface area contributed by atoms with Crippen molar-refractivity contribution in [1.82, 2.24) is 5.32 Å². The summed E-state index contributed by atoms with van der Waals surface area (Å²) in [6.45, 7) is 5.47. The van der Waals surface area contributed by atoms with Crippen LogP contribution >= 0.6 is 0 Å². The summed E-state index contributed by atoms with van der Waals surface area (Å²) in [6.07, 6.45) is 24.0. The topological polar surface area (TPSA) is 38.0 Å². The quantitative estimate of drug-likeness (QED) is 0.262. The number of unbranched alkanes of at least 4 members (excludes halogenated alkanes) is 15. The van der Waals surface area contributed by atoms with Crippen molar-refractivity contribution >= 4 is 0 Å². The Morgan fingerprint density at radius 3 is 1.22 bits per heavy atom. The molecule has 0 saturated heterocycles. The fourth-order valence-electron chi connectivity index (χ4n) is 3.14. The Kier molecular flexibility index (Phi) is 21.8.